The number of halogens is 4. The van der Waals surface area contributed by atoms with E-state index in [-0.39, 0.29) is 12.4 Å². The molecule has 0 atom stereocenters. The number of hydrogen-bond donors (Lipinski definition) is 0. The summed E-state index contributed by atoms with van der Waals surface area (Å²) in [6.07, 6.45) is -3.52. The van der Waals surface area contributed by atoms with Gasteiger partial charge in [-0.05, 0) is 18.6 Å². The summed E-state index contributed by atoms with van der Waals surface area (Å²) in [7, 11) is 0. The van der Waals surface area contributed by atoms with Gasteiger partial charge in [0.25, 0.3) is 0 Å². The van der Waals surface area contributed by atoms with Crippen LogP contribution in [0.1, 0.15) is 17.8 Å². The summed E-state index contributed by atoms with van der Waals surface area (Å²) >= 11 is 5.70. The molecule has 0 radical (unpaired) electrons. The van der Waals surface area contributed by atoms with Gasteiger partial charge in [0.05, 0.1) is 12.3 Å². The van der Waals surface area contributed by atoms with Crippen LogP contribution in [0, 0.1) is 6.92 Å². The van der Waals surface area contributed by atoms with Crippen LogP contribution in [0.15, 0.2) is 12.3 Å². The maximum absolute atomic E-state index is 12.3. The van der Waals surface area contributed by atoms with Gasteiger partial charge < -0.3 is 4.57 Å². The standard InChI is InChI=1S/C11H11ClF3N3/c1-7-4-8-10(16-6-7)18(9(5-12)17-8)3-2-11(13,14)15/h4,6H,2-3,5H2,1H3. The summed E-state index contributed by atoms with van der Waals surface area (Å²) < 4.78 is 38.2. The Morgan fingerprint density at radius 3 is 2.72 bits per heavy atom. The van der Waals surface area contributed by atoms with E-state index in [1.54, 1.807) is 12.3 Å². The lowest BCUT2D eigenvalue weighted by Gasteiger charge is -2.09. The molecule has 2 rings (SSSR count). The number of rotatable bonds is 3. The zero-order chi connectivity index (χ0) is 13.3. The minimum Gasteiger partial charge on any atom is -0.311 e. The molecule has 0 saturated carbocycles. The van der Waals surface area contributed by atoms with Gasteiger partial charge in [0.15, 0.2) is 5.65 Å². The monoisotopic (exact) mass is 277 g/mol. The second kappa shape index (κ2) is 4.76. The van der Waals surface area contributed by atoms with Crippen LogP contribution < -0.4 is 0 Å². The fourth-order valence-corrected chi connectivity index (χ4v) is 1.94. The highest BCUT2D eigenvalue weighted by molar-refractivity contribution is 6.16. The lowest BCUT2D eigenvalue weighted by atomic mass is 10.3. The molecule has 2 aromatic rings. The van der Waals surface area contributed by atoms with Gasteiger partial charge in [-0.1, -0.05) is 0 Å². The van der Waals surface area contributed by atoms with Crippen LogP contribution in [-0.4, -0.2) is 20.7 Å². The van der Waals surface area contributed by atoms with Gasteiger partial charge in [0.1, 0.15) is 11.3 Å². The first kappa shape index (κ1) is 13.1. The molecule has 0 bridgehead atoms. The van der Waals surface area contributed by atoms with Crippen LogP contribution >= 0.6 is 11.6 Å². The number of hydrogen-bond acceptors (Lipinski definition) is 2. The number of pyridine rings is 1. The van der Waals surface area contributed by atoms with Crippen molar-refractivity contribution in [2.75, 3.05) is 0 Å². The molecule has 18 heavy (non-hydrogen) atoms. The Hall–Kier alpha value is -1.30. The van der Waals surface area contributed by atoms with Crippen LogP contribution in [0.4, 0.5) is 13.2 Å². The molecule has 7 heteroatoms. The molecule has 0 fully saturated rings. The maximum atomic E-state index is 12.3. The van der Waals surface area contributed by atoms with Crippen molar-refractivity contribution < 1.29 is 13.2 Å². The Morgan fingerprint density at radius 1 is 1.39 bits per heavy atom. The summed E-state index contributed by atoms with van der Waals surface area (Å²) in [6, 6.07) is 1.78. The lowest BCUT2D eigenvalue weighted by molar-refractivity contribution is -0.136. The minimum atomic E-state index is -4.20. The van der Waals surface area contributed by atoms with Gasteiger partial charge >= 0.3 is 6.18 Å². The number of aryl methyl sites for hydroxylation is 2. The third kappa shape index (κ3) is 2.75. The van der Waals surface area contributed by atoms with E-state index >= 15 is 0 Å². The number of nitrogens with zero attached hydrogens (tertiary/aromatic N) is 3. The van der Waals surface area contributed by atoms with Gasteiger partial charge in [0.2, 0.25) is 0 Å². The average molecular weight is 278 g/mol. The van der Waals surface area contributed by atoms with E-state index in [0.717, 1.165) is 5.56 Å². The van der Waals surface area contributed by atoms with Crippen molar-refractivity contribution in [1.82, 2.24) is 14.5 Å². The van der Waals surface area contributed by atoms with E-state index in [1.807, 2.05) is 6.92 Å². The molecular weight excluding hydrogens is 267 g/mol. The van der Waals surface area contributed by atoms with Crippen LogP contribution in [-0.2, 0) is 12.4 Å². The number of imidazole rings is 1. The van der Waals surface area contributed by atoms with Crippen LogP contribution in [0.5, 0.6) is 0 Å². The Morgan fingerprint density at radius 2 is 2.11 bits per heavy atom. The van der Waals surface area contributed by atoms with Crippen molar-refractivity contribution in [3.8, 4) is 0 Å². The van der Waals surface area contributed by atoms with E-state index in [4.69, 9.17) is 11.6 Å². The molecule has 0 aromatic carbocycles. The third-order valence-electron chi connectivity index (χ3n) is 2.54. The molecule has 2 aromatic heterocycles. The Kier molecular flexibility index (Phi) is 3.47. The quantitative estimate of drug-likeness (QED) is 0.805. The Bertz CT molecular complexity index is 562. The second-order valence-corrected chi connectivity index (χ2v) is 4.30. The van der Waals surface area contributed by atoms with Crippen LogP contribution in [0.25, 0.3) is 11.2 Å². The molecule has 0 aliphatic heterocycles. The molecule has 98 valence electrons. The smallest absolute Gasteiger partial charge is 0.311 e. The number of aromatic nitrogens is 3. The maximum Gasteiger partial charge on any atom is 0.390 e. The Labute approximate surface area is 107 Å². The molecule has 0 unspecified atom stereocenters. The second-order valence-electron chi connectivity index (χ2n) is 4.03. The van der Waals surface area contributed by atoms with Crippen molar-refractivity contribution in [2.24, 2.45) is 0 Å². The molecule has 3 nitrogen and oxygen atoms in total. The zero-order valence-corrected chi connectivity index (χ0v) is 10.4. The van der Waals surface area contributed by atoms with Crippen LogP contribution in [0.3, 0.4) is 0 Å². The van der Waals surface area contributed by atoms with Crippen molar-refractivity contribution in [3.05, 3.63) is 23.7 Å². The summed E-state index contributed by atoms with van der Waals surface area (Å²) in [5.74, 6) is 0.474. The fourth-order valence-electron chi connectivity index (χ4n) is 1.73. The molecule has 0 aliphatic carbocycles. The molecule has 0 amide bonds. The highest BCUT2D eigenvalue weighted by atomic mass is 35.5. The zero-order valence-electron chi connectivity index (χ0n) is 9.63. The van der Waals surface area contributed by atoms with E-state index in [2.05, 4.69) is 9.97 Å². The number of alkyl halides is 4. The summed E-state index contributed by atoms with van der Waals surface area (Å²) in [6.45, 7) is 1.64. The van der Waals surface area contributed by atoms with Crippen molar-refractivity contribution in [1.29, 1.82) is 0 Å². The van der Waals surface area contributed by atoms with Crippen LogP contribution in [0.2, 0.25) is 0 Å². The summed E-state index contributed by atoms with van der Waals surface area (Å²) in [5.41, 5.74) is 1.93. The normalized spacial score (nSPS) is 12.3. The van der Waals surface area contributed by atoms with Gasteiger partial charge in [-0.3, -0.25) is 0 Å². The molecule has 0 saturated heterocycles. The molecule has 0 spiro atoms. The highest BCUT2D eigenvalue weighted by Crippen LogP contribution is 2.23. The van der Waals surface area contributed by atoms with Crippen molar-refractivity contribution >= 4 is 22.8 Å². The predicted molar refractivity (Wildman–Crippen MR) is 62.5 cm³/mol. The topological polar surface area (TPSA) is 30.7 Å². The summed E-state index contributed by atoms with van der Waals surface area (Å²) in [5, 5.41) is 0. The third-order valence-corrected chi connectivity index (χ3v) is 2.78. The van der Waals surface area contributed by atoms with Crippen molar-refractivity contribution in [3.63, 3.8) is 0 Å². The molecule has 0 N–H and O–H groups in total. The predicted octanol–water partition coefficient (Wildman–Crippen LogP) is 3.43. The van der Waals surface area contributed by atoms with E-state index in [9.17, 15) is 13.2 Å². The minimum absolute atomic E-state index is 0.0628. The molecular formula is C11H11ClF3N3. The van der Waals surface area contributed by atoms with Gasteiger partial charge in [-0.15, -0.1) is 11.6 Å². The molecule has 2 heterocycles. The van der Waals surface area contributed by atoms with E-state index < -0.39 is 12.6 Å². The fraction of sp³-hybridized carbons (Fsp3) is 0.455. The van der Waals surface area contributed by atoms with Gasteiger partial charge in [-0.25, -0.2) is 9.97 Å². The highest BCUT2D eigenvalue weighted by Gasteiger charge is 2.27. The average Bonchev–Trinajstić information content (AvgIpc) is 2.62. The SMILES string of the molecule is Cc1cnc2c(c1)nc(CCl)n2CCC(F)(F)F. The van der Waals surface area contributed by atoms with E-state index in [1.165, 1.54) is 4.57 Å². The first-order valence-electron chi connectivity index (χ1n) is 5.35. The first-order chi connectivity index (χ1) is 8.40. The Balaban J connectivity index is 2.41. The van der Waals surface area contributed by atoms with E-state index in [0.29, 0.717) is 17.0 Å². The summed E-state index contributed by atoms with van der Waals surface area (Å²) in [4.78, 5) is 8.32. The lowest BCUT2D eigenvalue weighted by Crippen LogP contribution is -2.13. The first-order valence-corrected chi connectivity index (χ1v) is 5.88. The largest absolute Gasteiger partial charge is 0.390 e. The van der Waals surface area contributed by atoms with Gasteiger partial charge in [0, 0.05) is 12.7 Å². The van der Waals surface area contributed by atoms with Gasteiger partial charge in [-0.2, -0.15) is 13.2 Å². The van der Waals surface area contributed by atoms with Crippen molar-refractivity contribution in [2.45, 2.75) is 31.9 Å². The number of fused-ring (bicyclic) bond motifs is 1. The molecule has 0 aliphatic rings.